The summed E-state index contributed by atoms with van der Waals surface area (Å²) in [7, 11) is -1.80. The van der Waals surface area contributed by atoms with Crippen LogP contribution in [-0.4, -0.2) is 19.4 Å². The highest BCUT2D eigenvalue weighted by molar-refractivity contribution is 6.74. The van der Waals surface area contributed by atoms with Gasteiger partial charge in [0.2, 0.25) is 0 Å². The van der Waals surface area contributed by atoms with E-state index in [4.69, 9.17) is 9.16 Å². The lowest BCUT2D eigenvalue weighted by atomic mass is 9.84. The lowest BCUT2D eigenvalue weighted by Gasteiger charge is -2.36. The third kappa shape index (κ3) is 2.94. The first-order chi connectivity index (χ1) is 12.6. The van der Waals surface area contributed by atoms with E-state index in [1.54, 1.807) is 12.1 Å². The normalized spacial score (nSPS) is 20.5. The van der Waals surface area contributed by atoms with Gasteiger partial charge in [-0.1, -0.05) is 45.0 Å². The second kappa shape index (κ2) is 6.02. The van der Waals surface area contributed by atoms with E-state index in [0.717, 1.165) is 22.3 Å². The SMILES string of the molecule is CC(C)(C)[Si](C)(C)OCc1ccc2c(c1)C1O[C@H]2c2ccc(C(=O)O)cc21. The molecule has 4 rings (SSSR count). The van der Waals surface area contributed by atoms with Gasteiger partial charge in [0.25, 0.3) is 0 Å². The van der Waals surface area contributed by atoms with E-state index in [2.05, 4.69) is 52.1 Å². The number of fused-ring (bicyclic) bond motifs is 8. The molecule has 2 bridgehead atoms. The molecule has 2 aliphatic rings. The van der Waals surface area contributed by atoms with Crippen molar-refractivity contribution in [1.82, 2.24) is 0 Å². The molecule has 1 N–H and O–H groups in total. The lowest BCUT2D eigenvalue weighted by molar-refractivity contribution is 0.0696. The van der Waals surface area contributed by atoms with Gasteiger partial charge in [0.15, 0.2) is 8.32 Å². The second-order valence-electron chi connectivity index (χ2n) is 9.06. The van der Waals surface area contributed by atoms with Gasteiger partial charge in [-0.2, -0.15) is 0 Å². The molecule has 0 radical (unpaired) electrons. The Morgan fingerprint density at radius 3 is 2.26 bits per heavy atom. The van der Waals surface area contributed by atoms with E-state index < -0.39 is 14.3 Å². The van der Waals surface area contributed by atoms with Gasteiger partial charge in [-0.15, -0.1) is 0 Å². The predicted octanol–water partition coefficient (Wildman–Crippen LogP) is 5.43. The molecule has 0 fully saturated rings. The molecule has 4 nitrogen and oxygen atoms in total. The van der Waals surface area contributed by atoms with Crippen molar-refractivity contribution < 1.29 is 19.1 Å². The van der Waals surface area contributed by atoms with Crippen LogP contribution in [0.3, 0.4) is 0 Å². The van der Waals surface area contributed by atoms with Crippen molar-refractivity contribution in [2.24, 2.45) is 0 Å². The van der Waals surface area contributed by atoms with Crippen LogP contribution >= 0.6 is 0 Å². The van der Waals surface area contributed by atoms with Gasteiger partial charge in [0.1, 0.15) is 12.2 Å². The first kappa shape index (κ1) is 18.4. The van der Waals surface area contributed by atoms with Crippen LogP contribution in [0.1, 0.15) is 71.2 Å². The Morgan fingerprint density at radius 1 is 1.04 bits per heavy atom. The molecule has 0 saturated carbocycles. The molecule has 0 aliphatic carbocycles. The molecule has 0 spiro atoms. The van der Waals surface area contributed by atoms with E-state index in [-0.39, 0.29) is 17.2 Å². The second-order valence-corrected chi connectivity index (χ2v) is 13.9. The monoisotopic (exact) mass is 382 g/mol. The number of carbonyl (C=O) groups is 1. The Labute approximate surface area is 161 Å². The minimum absolute atomic E-state index is 0.0850. The molecule has 2 aliphatic heterocycles. The lowest BCUT2D eigenvalue weighted by Crippen LogP contribution is -2.40. The zero-order valence-corrected chi connectivity index (χ0v) is 17.5. The summed E-state index contributed by atoms with van der Waals surface area (Å²) in [5.74, 6) is -0.905. The fourth-order valence-electron chi connectivity index (χ4n) is 3.60. The largest absolute Gasteiger partial charge is 0.478 e. The van der Waals surface area contributed by atoms with Gasteiger partial charge >= 0.3 is 5.97 Å². The number of carboxylic acids is 1. The summed E-state index contributed by atoms with van der Waals surface area (Å²) in [6.07, 6.45) is -0.259. The minimum atomic E-state index is -1.80. The third-order valence-electron chi connectivity index (χ3n) is 6.29. The summed E-state index contributed by atoms with van der Waals surface area (Å²) >= 11 is 0. The summed E-state index contributed by atoms with van der Waals surface area (Å²) in [6, 6.07) is 11.7. The molecule has 0 saturated heterocycles. The van der Waals surface area contributed by atoms with Crippen molar-refractivity contribution in [3.63, 3.8) is 0 Å². The maximum Gasteiger partial charge on any atom is 0.335 e. The van der Waals surface area contributed by atoms with Crippen molar-refractivity contribution >= 4 is 14.3 Å². The fraction of sp³-hybridized carbons (Fsp3) is 0.409. The molecule has 1 unspecified atom stereocenters. The predicted molar refractivity (Wildman–Crippen MR) is 107 cm³/mol. The molecular weight excluding hydrogens is 356 g/mol. The number of carboxylic acid groups (broad SMARTS) is 1. The van der Waals surface area contributed by atoms with Crippen LogP contribution in [0.15, 0.2) is 36.4 Å². The van der Waals surface area contributed by atoms with Gasteiger partial charge in [-0.25, -0.2) is 4.79 Å². The van der Waals surface area contributed by atoms with Gasteiger partial charge in [-0.3, -0.25) is 0 Å². The van der Waals surface area contributed by atoms with E-state index in [0.29, 0.717) is 12.2 Å². The van der Waals surface area contributed by atoms with Crippen LogP contribution in [0.25, 0.3) is 0 Å². The van der Waals surface area contributed by atoms with Crippen LogP contribution in [0.5, 0.6) is 0 Å². The van der Waals surface area contributed by atoms with Crippen molar-refractivity contribution in [2.75, 3.05) is 0 Å². The number of hydrogen-bond donors (Lipinski definition) is 1. The van der Waals surface area contributed by atoms with Crippen molar-refractivity contribution in [2.45, 2.75) is 57.7 Å². The van der Waals surface area contributed by atoms with Crippen LogP contribution in [0, 0.1) is 0 Å². The summed E-state index contributed by atoms with van der Waals surface area (Å²) in [5.41, 5.74) is 5.85. The average Bonchev–Trinajstić information content (AvgIpc) is 3.15. The van der Waals surface area contributed by atoms with Crippen molar-refractivity contribution in [1.29, 1.82) is 0 Å². The van der Waals surface area contributed by atoms with Gasteiger partial charge < -0.3 is 14.3 Å². The van der Waals surface area contributed by atoms with Crippen LogP contribution in [0.2, 0.25) is 18.1 Å². The summed E-state index contributed by atoms with van der Waals surface area (Å²) in [6.45, 7) is 11.8. The highest BCUT2D eigenvalue weighted by Crippen LogP contribution is 2.54. The molecule has 27 heavy (non-hydrogen) atoms. The quantitative estimate of drug-likeness (QED) is 0.717. The van der Waals surface area contributed by atoms with E-state index >= 15 is 0 Å². The number of hydrogen-bond acceptors (Lipinski definition) is 3. The fourth-order valence-corrected chi connectivity index (χ4v) is 4.56. The first-order valence-electron chi connectivity index (χ1n) is 9.38. The highest BCUT2D eigenvalue weighted by Gasteiger charge is 2.43. The van der Waals surface area contributed by atoms with E-state index in [9.17, 15) is 9.90 Å². The maximum absolute atomic E-state index is 11.3. The average molecular weight is 383 g/mol. The molecule has 0 aromatic heterocycles. The van der Waals surface area contributed by atoms with Crippen LogP contribution < -0.4 is 0 Å². The van der Waals surface area contributed by atoms with Crippen LogP contribution in [-0.2, 0) is 15.8 Å². The number of ether oxygens (including phenoxy) is 1. The molecular formula is C22H26O4Si. The minimum Gasteiger partial charge on any atom is -0.478 e. The summed E-state index contributed by atoms with van der Waals surface area (Å²) in [4.78, 5) is 11.3. The zero-order valence-electron chi connectivity index (χ0n) is 16.5. The van der Waals surface area contributed by atoms with E-state index in [1.807, 2.05) is 6.07 Å². The molecule has 142 valence electrons. The van der Waals surface area contributed by atoms with Crippen molar-refractivity contribution in [3.8, 4) is 0 Å². The number of rotatable bonds is 4. The van der Waals surface area contributed by atoms with Gasteiger partial charge in [-0.05, 0) is 58.1 Å². The number of aromatic carboxylic acids is 1. The molecule has 2 heterocycles. The standard InChI is InChI=1S/C22H26O4Si/c1-22(2,3)27(4,5)25-12-13-6-8-15-17(10-13)20-18-11-14(21(23)24)7-9-16(18)19(15)26-20/h6-11,19-20H,12H2,1-5H3,(H,23,24)/t19-,20?/m1/s1. The Kier molecular flexibility index (Phi) is 4.11. The Hall–Kier alpha value is -1.95. The van der Waals surface area contributed by atoms with Crippen molar-refractivity contribution in [3.05, 3.63) is 69.8 Å². The van der Waals surface area contributed by atoms with Gasteiger partial charge in [0.05, 0.1) is 12.2 Å². The topological polar surface area (TPSA) is 55.8 Å². The van der Waals surface area contributed by atoms with E-state index in [1.165, 1.54) is 5.56 Å². The Bertz CT molecular complexity index is 926. The molecule has 5 heteroatoms. The summed E-state index contributed by atoms with van der Waals surface area (Å²) < 4.78 is 12.5. The first-order valence-corrected chi connectivity index (χ1v) is 12.3. The Balaban J connectivity index is 1.61. The summed E-state index contributed by atoms with van der Waals surface area (Å²) in [5, 5.41) is 9.46. The highest BCUT2D eigenvalue weighted by atomic mass is 28.4. The van der Waals surface area contributed by atoms with Crippen LogP contribution in [0.4, 0.5) is 0 Å². The molecule has 0 amide bonds. The Morgan fingerprint density at radius 2 is 1.63 bits per heavy atom. The molecule has 2 aromatic rings. The third-order valence-corrected chi connectivity index (χ3v) is 10.8. The maximum atomic E-state index is 11.3. The molecule has 2 atom stereocenters. The zero-order chi connectivity index (χ0) is 19.6. The number of benzene rings is 2. The smallest absolute Gasteiger partial charge is 0.335 e. The van der Waals surface area contributed by atoms with Gasteiger partial charge in [0, 0.05) is 0 Å². The molecule has 2 aromatic carbocycles.